The zero-order chi connectivity index (χ0) is 15.5. The molecule has 1 unspecified atom stereocenters. The molecule has 0 saturated heterocycles. The second-order valence-electron chi connectivity index (χ2n) is 5.15. The highest BCUT2D eigenvalue weighted by molar-refractivity contribution is 7.89. The zero-order valence-corrected chi connectivity index (χ0v) is 12.5. The SMILES string of the molecule is CC(C)C(C)CNC(=O)c1cc(F)cc(S(N)(=O)=O)c1. The smallest absolute Gasteiger partial charge is 0.251 e. The first-order chi connectivity index (χ1) is 9.11. The van der Waals surface area contributed by atoms with Crippen LogP contribution in [0.2, 0.25) is 0 Å². The standard InChI is InChI=1S/C13H19FN2O3S/c1-8(2)9(3)7-16-13(17)10-4-11(14)6-12(5-10)20(15,18)19/h4-6,8-9H,7H2,1-3H3,(H,16,17)(H2,15,18,19). The Kier molecular flexibility index (Phi) is 5.24. The fraction of sp³-hybridized carbons (Fsp3) is 0.462. The van der Waals surface area contributed by atoms with E-state index in [0.29, 0.717) is 12.5 Å². The van der Waals surface area contributed by atoms with Crippen molar-refractivity contribution >= 4 is 15.9 Å². The van der Waals surface area contributed by atoms with E-state index in [9.17, 15) is 17.6 Å². The Hall–Kier alpha value is -1.47. The van der Waals surface area contributed by atoms with Crippen LogP contribution in [-0.4, -0.2) is 20.9 Å². The van der Waals surface area contributed by atoms with Crippen molar-refractivity contribution < 1.29 is 17.6 Å². The lowest BCUT2D eigenvalue weighted by molar-refractivity contribution is 0.0944. The van der Waals surface area contributed by atoms with E-state index in [-0.39, 0.29) is 11.5 Å². The highest BCUT2D eigenvalue weighted by atomic mass is 32.2. The average Bonchev–Trinajstić information content (AvgIpc) is 2.33. The number of carbonyl (C=O) groups excluding carboxylic acids is 1. The zero-order valence-electron chi connectivity index (χ0n) is 11.7. The maximum atomic E-state index is 13.3. The van der Waals surface area contributed by atoms with E-state index < -0.39 is 26.6 Å². The molecular weight excluding hydrogens is 283 g/mol. The minimum Gasteiger partial charge on any atom is -0.352 e. The van der Waals surface area contributed by atoms with Crippen LogP contribution in [-0.2, 0) is 10.0 Å². The molecule has 0 aromatic heterocycles. The molecule has 1 atom stereocenters. The molecule has 0 fully saturated rings. The van der Waals surface area contributed by atoms with E-state index in [4.69, 9.17) is 5.14 Å². The maximum Gasteiger partial charge on any atom is 0.251 e. The van der Waals surface area contributed by atoms with Gasteiger partial charge in [0, 0.05) is 12.1 Å². The van der Waals surface area contributed by atoms with Gasteiger partial charge in [-0.05, 0) is 30.0 Å². The third-order valence-electron chi connectivity index (χ3n) is 3.18. The van der Waals surface area contributed by atoms with Crippen LogP contribution < -0.4 is 10.5 Å². The lowest BCUT2D eigenvalue weighted by atomic mass is 9.98. The number of hydrogen-bond acceptors (Lipinski definition) is 3. The first kappa shape index (κ1) is 16.6. The number of halogens is 1. The third-order valence-corrected chi connectivity index (χ3v) is 4.08. The highest BCUT2D eigenvalue weighted by Gasteiger charge is 2.16. The number of hydrogen-bond donors (Lipinski definition) is 2. The van der Waals surface area contributed by atoms with Crippen molar-refractivity contribution in [3.05, 3.63) is 29.6 Å². The van der Waals surface area contributed by atoms with Gasteiger partial charge in [-0.2, -0.15) is 0 Å². The van der Waals surface area contributed by atoms with Crippen LogP contribution in [0.3, 0.4) is 0 Å². The van der Waals surface area contributed by atoms with Crippen LogP contribution in [0.15, 0.2) is 23.1 Å². The molecule has 1 amide bonds. The van der Waals surface area contributed by atoms with Gasteiger partial charge in [-0.25, -0.2) is 17.9 Å². The number of sulfonamides is 1. The van der Waals surface area contributed by atoms with Gasteiger partial charge < -0.3 is 5.32 Å². The molecule has 112 valence electrons. The quantitative estimate of drug-likeness (QED) is 0.863. The van der Waals surface area contributed by atoms with Crippen LogP contribution in [0.25, 0.3) is 0 Å². The largest absolute Gasteiger partial charge is 0.352 e. The Bertz CT molecular complexity index is 600. The van der Waals surface area contributed by atoms with Crippen molar-refractivity contribution in [2.45, 2.75) is 25.7 Å². The molecule has 20 heavy (non-hydrogen) atoms. The van der Waals surface area contributed by atoms with Gasteiger partial charge in [0.1, 0.15) is 5.82 Å². The predicted molar refractivity (Wildman–Crippen MR) is 74.1 cm³/mol. The number of rotatable bonds is 5. The van der Waals surface area contributed by atoms with Crippen molar-refractivity contribution in [1.29, 1.82) is 0 Å². The predicted octanol–water partition coefficient (Wildman–Crippen LogP) is 1.49. The Morgan fingerprint density at radius 3 is 2.40 bits per heavy atom. The molecule has 7 heteroatoms. The van der Waals surface area contributed by atoms with E-state index in [1.54, 1.807) is 0 Å². The molecule has 0 aliphatic rings. The molecule has 1 aromatic carbocycles. The van der Waals surface area contributed by atoms with Gasteiger partial charge in [-0.15, -0.1) is 0 Å². The molecule has 5 nitrogen and oxygen atoms in total. The number of benzene rings is 1. The lowest BCUT2D eigenvalue weighted by Crippen LogP contribution is -2.30. The summed E-state index contributed by atoms with van der Waals surface area (Å²) in [6, 6.07) is 2.82. The summed E-state index contributed by atoms with van der Waals surface area (Å²) in [6.45, 7) is 6.46. The fourth-order valence-corrected chi connectivity index (χ4v) is 2.02. The minimum absolute atomic E-state index is 0.0648. The molecule has 1 rings (SSSR count). The van der Waals surface area contributed by atoms with E-state index in [1.165, 1.54) is 0 Å². The summed E-state index contributed by atoms with van der Waals surface area (Å²) in [7, 11) is -4.05. The minimum atomic E-state index is -4.05. The van der Waals surface area contributed by atoms with Gasteiger partial charge >= 0.3 is 0 Å². The summed E-state index contributed by atoms with van der Waals surface area (Å²) in [6.07, 6.45) is 0. The van der Waals surface area contributed by atoms with Crippen LogP contribution in [0, 0.1) is 17.7 Å². The Labute approximate surface area is 118 Å². The molecular formula is C13H19FN2O3S. The van der Waals surface area contributed by atoms with Gasteiger partial charge in [-0.3, -0.25) is 4.79 Å². The van der Waals surface area contributed by atoms with E-state index in [1.807, 2.05) is 20.8 Å². The van der Waals surface area contributed by atoms with Crippen molar-refractivity contribution in [3.63, 3.8) is 0 Å². The van der Waals surface area contributed by atoms with E-state index in [2.05, 4.69) is 5.32 Å². The van der Waals surface area contributed by atoms with Crippen molar-refractivity contribution in [2.75, 3.05) is 6.54 Å². The maximum absolute atomic E-state index is 13.3. The average molecular weight is 302 g/mol. The number of nitrogens with two attached hydrogens (primary N) is 1. The number of nitrogens with one attached hydrogen (secondary N) is 1. The topological polar surface area (TPSA) is 89.3 Å². The summed E-state index contributed by atoms with van der Waals surface area (Å²) in [5.74, 6) is -0.700. The summed E-state index contributed by atoms with van der Waals surface area (Å²) in [4.78, 5) is 11.5. The first-order valence-corrected chi connectivity index (χ1v) is 7.77. The molecule has 0 saturated carbocycles. The van der Waals surface area contributed by atoms with Gasteiger partial charge in [0.25, 0.3) is 5.91 Å². The lowest BCUT2D eigenvalue weighted by Gasteiger charge is -2.16. The van der Waals surface area contributed by atoms with Gasteiger partial charge in [0.05, 0.1) is 4.90 Å². The molecule has 0 bridgehead atoms. The van der Waals surface area contributed by atoms with Gasteiger partial charge in [-0.1, -0.05) is 20.8 Å². The van der Waals surface area contributed by atoms with Gasteiger partial charge in [0.15, 0.2) is 0 Å². The van der Waals surface area contributed by atoms with E-state index >= 15 is 0 Å². The monoisotopic (exact) mass is 302 g/mol. The van der Waals surface area contributed by atoms with E-state index in [0.717, 1.165) is 18.2 Å². The van der Waals surface area contributed by atoms with Crippen LogP contribution >= 0.6 is 0 Å². The number of amides is 1. The number of carbonyl (C=O) groups is 1. The third kappa shape index (κ3) is 4.57. The van der Waals surface area contributed by atoms with Crippen molar-refractivity contribution in [1.82, 2.24) is 5.32 Å². The Balaban J connectivity index is 2.92. The molecule has 0 heterocycles. The molecule has 0 radical (unpaired) electrons. The molecule has 0 aliphatic carbocycles. The second kappa shape index (κ2) is 6.32. The second-order valence-corrected chi connectivity index (χ2v) is 6.71. The van der Waals surface area contributed by atoms with Crippen LogP contribution in [0.4, 0.5) is 4.39 Å². The van der Waals surface area contributed by atoms with Crippen molar-refractivity contribution in [3.8, 4) is 0 Å². The molecule has 1 aromatic rings. The summed E-state index contributed by atoms with van der Waals surface area (Å²) in [5.41, 5.74) is -0.0648. The Morgan fingerprint density at radius 1 is 1.30 bits per heavy atom. The molecule has 3 N–H and O–H groups in total. The van der Waals surface area contributed by atoms with Crippen LogP contribution in [0.1, 0.15) is 31.1 Å². The first-order valence-electron chi connectivity index (χ1n) is 6.23. The van der Waals surface area contributed by atoms with Crippen LogP contribution in [0.5, 0.6) is 0 Å². The molecule has 0 spiro atoms. The number of primary sulfonamides is 1. The normalized spacial score (nSPS) is 13.3. The Morgan fingerprint density at radius 2 is 1.90 bits per heavy atom. The summed E-state index contributed by atoms with van der Waals surface area (Å²) < 4.78 is 35.7. The summed E-state index contributed by atoms with van der Waals surface area (Å²) in [5, 5.41) is 7.58. The molecule has 0 aliphatic heterocycles. The summed E-state index contributed by atoms with van der Waals surface area (Å²) >= 11 is 0. The fourth-order valence-electron chi connectivity index (χ4n) is 1.45. The van der Waals surface area contributed by atoms with Crippen molar-refractivity contribution in [2.24, 2.45) is 17.0 Å². The highest BCUT2D eigenvalue weighted by Crippen LogP contribution is 2.14. The van der Waals surface area contributed by atoms with Gasteiger partial charge in [0.2, 0.25) is 10.0 Å².